The molecule has 3 aromatic rings. The maximum absolute atomic E-state index is 13.3. The second kappa shape index (κ2) is 5.65. The van der Waals surface area contributed by atoms with E-state index in [9.17, 15) is 9.18 Å². The molecule has 1 aromatic carbocycles. The Hall–Kier alpha value is -2.21. The molecule has 0 aliphatic heterocycles. The maximum atomic E-state index is 13.3. The Bertz CT molecular complexity index is 798. The van der Waals surface area contributed by atoms with E-state index in [1.54, 1.807) is 35.2 Å². The summed E-state index contributed by atoms with van der Waals surface area (Å²) in [7, 11) is 0. The first-order valence-corrected chi connectivity index (χ1v) is 7.07. The molecule has 0 saturated carbocycles. The first-order valence-electron chi connectivity index (χ1n) is 6.27. The van der Waals surface area contributed by atoms with Gasteiger partial charge in [-0.3, -0.25) is 4.79 Å². The van der Waals surface area contributed by atoms with E-state index in [1.807, 2.05) is 6.07 Å². The molecule has 1 N–H and O–H groups in total. The second-order valence-electron chi connectivity index (χ2n) is 4.56. The van der Waals surface area contributed by atoms with Crippen LogP contribution in [0.3, 0.4) is 0 Å². The van der Waals surface area contributed by atoms with Gasteiger partial charge in [0.25, 0.3) is 0 Å². The quantitative estimate of drug-likeness (QED) is 0.787. The summed E-state index contributed by atoms with van der Waals surface area (Å²) in [4.78, 5) is 16.1. The van der Waals surface area contributed by atoms with E-state index in [-0.39, 0.29) is 18.3 Å². The third-order valence-corrected chi connectivity index (χ3v) is 3.51. The summed E-state index contributed by atoms with van der Waals surface area (Å²) in [6, 6.07) is 9.85. The lowest BCUT2D eigenvalue weighted by Gasteiger charge is -2.07. The van der Waals surface area contributed by atoms with E-state index >= 15 is 0 Å². The van der Waals surface area contributed by atoms with Crippen molar-refractivity contribution in [2.24, 2.45) is 0 Å². The van der Waals surface area contributed by atoms with Crippen LogP contribution in [0, 0.1) is 5.82 Å². The minimum atomic E-state index is -0.322. The molecule has 106 valence electrons. The van der Waals surface area contributed by atoms with Gasteiger partial charge in [0.2, 0.25) is 5.91 Å². The van der Waals surface area contributed by atoms with Gasteiger partial charge in [-0.25, -0.2) is 9.37 Å². The van der Waals surface area contributed by atoms with Crippen LogP contribution in [0.1, 0.15) is 0 Å². The maximum Gasteiger partial charge on any atom is 0.245 e. The van der Waals surface area contributed by atoms with Crippen molar-refractivity contribution < 1.29 is 9.18 Å². The average Bonchev–Trinajstić information content (AvgIpc) is 2.84. The molecule has 0 bridgehead atoms. The Morgan fingerprint density at radius 1 is 1.29 bits per heavy atom. The standard InChI is InChI=1S/C15H11BrFN3O/c16-11-2-4-14(18-8-11)19-15(21)9-20-6-5-10-1-3-12(17)7-13(10)20/h1-8H,9H2,(H,18,19,21). The van der Waals surface area contributed by atoms with Crippen molar-refractivity contribution in [2.75, 3.05) is 5.32 Å². The summed E-state index contributed by atoms with van der Waals surface area (Å²) in [6.07, 6.45) is 3.37. The number of anilines is 1. The van der Waals surface area contributed by atoms with E-state index in [2.05, 4.69) is 26.2 Å². The monoisotopic (exact) mass is 347 g/mol. The van der Waals surface area contributed by atoms with Crippen molar-refractivity contribution in [3.8, 4) is 0 Å². The minimum Gasteiger partial charge on any atom is -0.338 e. The Morgan fingerprint density at radius 3 is 2.90 bits per heavy atom. The molecular weight excluding hydrogens is 337 g/mol. The topological polar surface area (TPSA) is 46.9 Å². The van der Waals surface area contributed by atoms with Crippen LogP contribution in [0.25, 0.3) is 10.9 Å². The summed E-state index contributed by atoms with van der Waals surface area (Å²) in [5, 5.41) is 3.60. The predicted octanol–water partition coefficient (Wildman–Crippen LogP) is 3.58. The van der Waals surface area contributed by atoms with Gasteiger partial charge in [0.15, 0.2) is 0 Å². The smallest absolute Gasteiger partial charge is 0.245 e. The number of nitrogens with zero attached hydrogens (tertiary/aromatic N) is 2. The highest BCUT2D eigenvalue weighted by atomic mass is 79.9. The fourth-order valence-corrected chi connectivity index (χ4v) is 2.32. The summed E-state index contributed by atoms with van der Waals surface area (Å²) in [5.41, 5.74) is 0.689. The normalized spacial score (nSPS) is 10.8. The molecule has 0 fully saturated rings. The van der Waals surface area contributed by atoms with Gasteiger partial charge in [-0.15, -0.1) is 0 Å². The zero-order valence-corrected chi connectivity index (χ0v) is 12.5. The molecule has 2 heterocycles. The Labute approximate surface area is 128 Å². The summed E-state index contributed by atoms with van der Waals surface area (Å²) in [5.74, 6) is -0.0603. The first kappa shape index (κ1) is 13.8. The highest BCUT2D eigenvalue weighted by Gasteiger charge is 2.08. The van der Waals surface area contributed by atoms with Crippen LogP contribution in [0.4, 0.5) is 10.2 Å². The number of carbonyl (C=O) groups excluding carboxylic acids is 1. The van der Waals surface area contributed by atoms with Crippen LogP contribution in [-0.4, -0.2) is 15.5 Å². The van der Waals surface area contributed by atoms with E-state index in [4.69, 9.17) is 0 Å². The Balaban J connectivity index is 1.77. The summed E-state index contributed by atoms with van der Waals surface area (Å²) >= 11 is 3.28. The molecule has 0 aliphatic rings. The fraction of sp³-hybridized carbons (Fsp3) is 0.0667. The third-order valence-electron chi connectivity index (χ3n) is 3.04. The van der Waals surface area contributed by atoms with E-state index in [1.165, 1.54) is 12.1 Å². The number of rotatable bonds is 3. The number of pyridine rings is 1. The van der Waals surface area contributed by atoms with Crippen molar-refractivity contribution >= 4 is 38.6 Å². The molecule has 0 atom stereocenters. The van der Waals surface area contributed by atoms with Crippen LogP contribution in [-0.2, 0) is 11.3 Å². The SMILES string of the molecule is O=C(Cn1ccc2ccc(F)cc21)Nc1ccc(Br)cn1. The predicted molar refractivity (Wildman–Crippen MR) is 82.5 cm³/mol. The molecule has 0 saturated heterocycles. The van der Waals surface area contributed by atoms with E-state index in [0.717, 1.165) is 9.86 Å². The lowest BCUT2D eigenvalue weighted by molar-refractivity contribution is -0.116. The number of hydrogen-bond donors (Lipinski definition) is 1. The molecule has 2 aromatic heterocycles. The van der Waals surface area contributed by atoms with Gasteiger partial charge in [-0.1, -0.05) is 0 Å². The second-order valence-corrected chi connectivity index (χ2v) is 5.47. The summed E-state index contributed by atoms with van der Waals surface area (Å²) < 4.78 is 15.8. The van der Waals surface area contributed by atoms with Crippen LogP contribution in [0.5, 0.6) is 0 Å². The number of fused-ring (bicyclic) bond motifs is 1. The van der Waals surface area contributed by atoms with Gasteiger partial charge in [-0.2, -0.15) is 0 Å². The highest BCUT2D eigenvalue weighted by Crippen LogP contribution is 2.17. The molecule has 0 aliphatic carbocycles. The number of carbonyl (C=O) groups is 1. The highest BCUT2D eigenvalue weighted by molar-refractivity contribution is 9.10. The van der Waals surface area contributed by atoms with Crippen molar-refractivity contribution in [3.63, 3.8) is 0 Å². The van der Waals surface area contributed by atoms with Crippen molar-refractivity contribution in [1.82, 2.24) is 9.55 Å². The fourth-order valence-electron chi connectivity index (χ4n) is 2.08. The Morgan fingerprint density at radius 2 is 2.14 bits per heavy atom. The van der Waals surface area contributed by atoms with Gasteiger partial charge in [0, 0.05) is 16.9 Å². The Kier molecular flexibility index (Phi) is 3.70. The number of nitrogens with one attached hydrogen (secondary N) is 1. The molecule has 6 heteroatoms. The largest absolute Gasteiger partial charge is 0.338 e. The third kappa shape index (κ3) is 3.11. The molecule has 0 unspecified atom stereocenters. The van der Waals surface area contributed by atoms with Gasteiger partial charge < -0.3 is 9.88 Å². The molecule has 1 amide bonds. The van der Waals surface area contributed by atoms with Gasteiger partial charge in [0.05, 0.1) is 5.52 Å². The van der Waals surface area contributed by atoms with Crippen LogP contribution in [0.2, 0.25) is 0 Å². The lowest BCUT2D eigenvalue weighted by atomic mass is 10.2. The lowest BCUT2D eigenvalue weighted by Crippen LogP contribution is -2.18. The number of benzene rings is 1. The van der Waals surface area contributed by atoms with Crippen molar-refractivity contribution in [2.45, 2.75) is 6.54 Å². The average molecular weight is 348 g/mol. The summed E-state index contributed by atoms with van der Waals surface area (Å²) in [6.45, 7) is 0.102. The molecular formula is C15H11BrFN3O. The zero-order chi connectivity index (χ0) is 14.8. The molecule has 21 heavy (non-hydrogen) atoms. The van der Waals surface area contributed by atoms with Gasteiger partial charge in [-0.05, 0) is 57.7 Å². The molecule has 4 nitrogen and oxygen atoms in total. The van der Waals surface area contributed by atoms with Crippen LogP contribution >= 0.6 is 15.9 Å². The zero-order valence-electron chi connectivity index (χ0n) is 10.9. The van der Waals surface area contributed by atoms with Crippen LogP contribution in [0.15, 0.2) is 53.3 Å². The van der Waals surface area contributed by atoms with Gasteiger partial charge in [0.1, 0.15) is 18.2 Å². The number of aromatic nitrogens is 2. The first-order chi connectivity index (χ1) is 10.1. The molecule has 0 radical (unpaired) electrons. The minimum absolute atomic E-state index is 0.102. The number of halogens is 2. The van der Waals surface area contributed by atoms with Crippen molar-refractivity contribution in [3.05, 3.63) is 59.1 Å². The number of amides is 1. The molecule has 0 spiro atoms. The van der Waals surface area contributed by atoms with E-state index < -0.39 is 0 Å². The number of hydrogen-bond acceptors (Lipinski definition) is 2. The van der Waals surface area contributed by atoms with Crippen molar-refractivity contribution in [1.29, 1.82) is 0 Å². The van der Waals surface area contributed by atoms with Gasteiger partial charge >= 0.3 is 0 Å². The van der Waals surface area contributed by atoms with E-state index in [0.29, 0.717) is 11.3 Å². The molecule has 3 rings (SSSR count). The van der Waals surface area contributed by atoms with Crippen LogP contribution < -0.4 is 5.32 Å².